The molecule has 2 unspecified atom stereocenters. The van der Waals surface area contributed by atoms with E-state index >= 15 is 0 Å². The van der Waals surface area contributed by atoms with Crippen molar-refractivity contribution in [3.05, 3.63) is 84.1 Å². The summed E-state index contributed by atoms with van der Waals surface area (Å²) in [5.41, 5.74) is 15.7. The summed E-state index contributed by atoms with van der Waals surface area (Å²) >= 11 is 0. The predicted octanol–water partition coefficient (Wildman–Crippen LogP) is 4.10. The first-order valence-corrected chi connectivity index (χ1v) is 17.1. The predicted molar refractivity (Wildman–Crippen MR) is 184 cm³/mol. The lowest BCUT2D eigenvalue weighted by molar-refractivity contribution is -0.837. The number of aromatic nitrogens is 2. The molecule has 6 aliphatic rings. The third kappa shape index (κ3) is 3.73. The van der Waals surface area contributed by atoms with Crippen molar-refractivity contribution in [1.82, 2.24) is 9.13 Å². The van der Waals surface area contributed by atoms with Gasteiger partial charge < -0.3 is 18.9 Å². The Morgan fingerprint density at radius 3 is 1.92 bits per heavy atom. The molecule has 0 radical (unpaired) electrons. The first-order chi connectivity index (χ1) is 23.5. The minimum Gasteiger partial charge on any atom is -0.469 e. The molecule has 3 atom stereocenters. The van der Waals surface area contributed by atoms with Gasteiger partial charge >= 0.3 is 17.8 Å². The average Bonchev–Trinajstić information content (AvgIpc) is 3.75. The summed E-state index contributed by atoms with van der Waals surface area (Å²) in [6, 6.07) is 0. The normalized spacial score (nSPS) is 21.7. The molecule has 0 N–H and O–H groups in total. The van der Waals surface area contributed by atoms with Crippen molar-refractivity contribution in [1.29, 1.82) is 0 Å². The average molecular weight is 665 g/mol. The van der Waals surface area contributed by atoms with Crippen molar-refractivity contribution in [3.63, 3.8) is 0 Å². The molecule has 2 aromatic rings. The molecule has 6 aliphatic heterocycles. The van der Waals surface area contributed by atoms with Gasteiger partial charge in [-0.3, -0.25) is 9.59 Å². The van der Waals surface area contributed by atoms with Crippen molar-refractivity contribution in [3.8, 4) is 0 Å². The van der Waals surface area contributed by atoms with Crippen LogP contribution >= 0.6 is 0 Å². The molecular formula is C39H44N4O6+2. The second-order valence-corrected chi connectivity index (χ2v) is 13.8. The van der Waals surface area contributed by atoms with E-state index in [9.17, 15) is 9.59 Å². The Morgan fingerprint density at radius 1 is 0.673 bits per heavy atom. The molecule has 254 valence electrons. The van der Waals surface area contributed by atoms with E-state index in [2.05, 4.69) is 84.1 Å². The van der Waals surface area contributed by atoms with Crippen LogP contribution in [0.1, 0.15) is 99.2 Å². The lowest BCUT2D eigenvalue weighted by Crippen LogP contribution is -2.70. The SMILES string of the molecule is COC(=O)CCC1=C(C)C2=[N+]3C1=CC1=[N+]4C(=Cc5c(C)c(C(C)OC)c6n5[C@@]34n3c(c(C)c(C(C)OC)c3=C2)=C6)C(C)=C1CCC(=O)OC. The number of carbonyl (C=O) groups is 2. The van der Waals surface area contributed by atoms with Crippen LogP contribution in [0.25, 0.3) is 18.2 Å². The number of rotatable bonds is 10. The molecule has 0 saturated heterocycles. The Hall–Kier alpha value is -4.54. The lowest BCUT2D eigenvalue weighted by Gasteiger charge is -2.38. The summed E-state index contributed by atoms with van der Waals surface area (Å²) < 4.78 is 32.3. The van der Waals surface area contributed by atoms with Crippen molar-refractivity contribution < 1.29 is 37.7 Å². The molecule has 0 aromatic carbocycles. The van der Waals surface area contributed by atoms with Crippen LogP contribution in [0.2, 0.25) is 0 Å². The van der Waals surface area contributed by atoms with Gasteiger partial charge in [0.2, 0.25) is 22.8 Å². The molecule has 10 heteroatoms. The lowest BCUT2D eigenvalue weighted by atomic mass is 9.96. The Morgan fingerprint density at radius 2 is 1.29 bits per heavy atom. The molecule has 0 saturated carbocycles. The molecule has 0 amide bonds. The van der Waals surface area contributed by atoms with E-state index in [1.54, 1.807) is 14.2 Å². The number of esters is 2. The number of methoxy groups -OCH3 is 4. The zero-order valence-electron chi connectivity index (χ0n) is 30.0. The van der Waals surface area contributed by atoms with Gasteiger partial charge in [-0.1, -0.05) is 9.15 Å². The van der Waals surface area contributed by atoms with E-state index in [0.29, 0.717) is 12.8 Å². The summed E-state index contributed by atoms with van der Waals surface area (Å²) in [6.45, 7) is 13.0. The van der Waals surface area contributed by atoms with Crippen LogP contribution in [0.5, 0.6) is 0 Å². The number of allylic oxidation sites excluding steroid dienone is 5. The summed E-state index contributed by atoms with van der Waals surface area (Å²) in [6.07, 6.45) is 10.6. The quantitative estimate of drug-likeness (QED) is 0.281. The molecule has 1 spiro atoms. The zero-order chi connectivity index (χ0) is 34.8. The molecule has 49 heavy (non-hydrogen) atoms. The maximum atomic E-state index is 12.6. The second kappa shape index (κ2) is 10.7. The molecule has 0 bridgehead atoms. The summed E-state index contributed by atoms with van der Waals surface area (Å²) in [4.78, 5) is 25.1. The van der Waals surface area contributed by atoms with E-state index in [4.69, 9.17) is 18.9 Å². The van der Waals surface area contributed by atoms with Crippen LogP contribution in [0.4, 0.5) is 0 Å². The van der Waals surface area contributed by atoms with Crippen molar-refractivity contribution >= 4 is 41.6 Å². The zero-order valence-corrected chi connectivity index (χ0v) is 30.0. The van der Waals surface area contributed by atoms with E-state index in [1.807, 2.05) is 0 Å². The highest BCUT2D eigenvalue weighted by atomic mass is 16.5. The molecule has 10 nitrogen and oxygen atoms in total. The van der Waals surface area contributed by atoms with Crippen LogP contribution in [0, 0.1) is 13.8 Å². The van der Waals surface area contributed by atoms with Gasteiger partial charge in [-0.05, 0) is 71.6 Å². The number of hydrogen-bond donors (Lipinski definition) is 0. The van der Waals surface area contributed by atoms with Gasteiger partial charge in [0.1, 0.15) is 0 Å². The maximum absolute atomic E-state index is 12.6. The van der Waals surface area contributed by atoms with Gasteiger partial charge in [-0.25, -0.2) is 0 Å². The fourth-order valence-corrected chi connectivity index (χ4v) is 9.30. The topological polar surface area (TPSA) is 86.9 Å². The van der Waals surface area contributed by atoms with Crippen LogP contribution < -0.4 is 10.7 Å². The molecule has 8 rings (SSSR count). The Bertz CT molecular complexity index is 2280. The van der Waals surface area contributed by atoms with Crippen molar-refractivity contribution in [2.24, 2.45) is 0 Å². The van der Waals surface area contributed by atoms with Gasteiger partial charge in [0, 0.05) is 72.6 Å². The third-order valence-electron chi connectivity index (χ3n) is 11.8. The van der Waals surface area contributed by atoms with E-state index in [-0.39, 0.29) is 37.0 Å². The minimum absolute atomic E-state index is 0.144. The van der Waals surface area contributed by atoms with Crippen LogP contribution in [-0.4, -0.2) is 70.1 Å². The molecule has 8 heterocycles. The van der Waals surface area contributed by atoms with Crippen LogP contribution in [-0.2, 0) is 34.4 Å². The fraction of sp³-hybridized carbons (Fsp3) is 0.436. The van der Waals surface area contributed by atoms with Gasteiger partial charge in [0.15, 0.2) is 0 Å². The summed E-state index contributed by atoms with van der Waals surface area (Å²) in [5.74, 6) is -1.38. The van der Waals surface area contributed by atoms with E-state index < -0.39 is 5.91 Å². The Labute approximate surface area is 285 Å². The monoisotopic (exact) mass is 664 g/mol. The van der Waals surface area contributed by atoms with Gasteiger partial charge in [-0.2, -0.15) is 9.13 Å². The molecular weight excluding hydrogens is 620 g/mol. The van der Waals surface area contributed by atoms with Crippen LogP contribution in [0.15, 0.2) is 39.8 Å². The number of nitrogens with zero attached hydrogens (tertiary/aromatic N) is 4. The van der Waals surface area contributed by atoms with Crippen molar-refractivity contribution in [2.75, 3.05) is 28.4 Å². The van der Waals surface area contributed by atoms with Gasteiger partial charge in [0.05, 0.1) is 54.6 Å². The van der Waals surface area contributed by atoms with Gasteiger partial charge in [0.25, 0.3) is 0 Å². The smallest absolute Gasteiger partial charge is 0.469 e. The largest absolute Gasteiger partial charge is 0.553 e. The summed E-state index contributed by atoms with van der Waals surface area (Å²) in [7, 11) is 6.42. The third-order valence-corrected chi connectivity index (χ3v) is 11.8. The second-order valence-electron chi connectivity index (χ2n) is 13.8. The molecule has 2 aromatic heterocycles. The highest BCUT2D eigenvalue weighted by molar-refractivity contribution is 6.20. The summed E-state index contributed by atoms with van der Waals surface area (Å²) in [5, 5.41) is 2.22. The van der Waals surface area contributed by atoms with Crippen molar-refractivity contribution in [2.45, 2.75) is 85.3 Å². The van der Waals surface area contributed by atoms with E-state index in [0.717, 1.165) is 78.3 Å². The number of carbonyl (C=O) groups excluding carboxylic acids is 2. The first-order valence-electron chi connectivity index (χ1n) is 17.1. The Kier molecular flexibility index (Phi) is 6.94. The highest BCUT2D eigenvalue weighted by Gasteiger charge is 2.73. The standard InChI is InChI=1S/C39H44N4O6/c1-19-25(11-13-35(44)48-9)31-18-32-26(12-14-36(45)49-10)20(2)28-16-33-38(24(6)47-8)22(4)30-17-34-37(23(5)46-7)21(3)29-15-27(19)40(31)39(41(28)32,42(29)34)43(30)33/h15-18,23-24H,11-14H2,1-10H3/q+2/t23?,24?,39-/m0/s1. The number of hydrogen-bond acceptors (Lipinski definition) is 6. The number of ether oxygens (including phenoxy) is 4. The van der Waals surface area contributed by atoms with Crippen LogP contribution in [0.3, 0.4) is 0 Å². The fourth-order valence-electron chi connectivity index (χ4n) is 9.30. The molecule has 0 fully saturated rings. The Balaban J connectivity index is 1.56. The molecule has 0 aliphatic carbocycles. The van der Waals surface area contributed by atoms with Gasteiger partial charge in [-0.15, -0.1) is 0 Å². The minimum atomic E-state index is -0.910. The highest BCUT2D eigenvalue weighted by Crippen LogP contribution is 2.52. The maximum Gasteiger partial charge on any atom is 0.553 e. The first kappa shape index (κ1) is 31.7. The van der Waals surface area contributed by atoms with E-state index in [1.165, 1.54) is 25.3 Å².